The molecule has 0 amide bonds. The van der Waals surface area contributed by atoms with Crippen LogP contribution < -0.4 is 5.43 Å². The number of nitriles is 1. The first kappa shape index (κ1) is 8.52. The topological polar surface area (TPSA) is 45.8 Å². The minimum Gasteiger partial charge on any atom is -0.335 e. The largest absolute Gasteiger partial charge is 0.335 e. The molecule has 0 unspecified atom stereocenters. The number of nitrogens with zero attached hydrogens (tertiary/aromatic N) is 2. The standard InChI is InChI=1S/C11H8N2O/c1-13-8(7-12)6-11(14)9-4-2-3-5-10(9)13/h2-6H,1H3. The molecule has 1 aromatic carbocycles. The number of aryl methyl sites for hydroxylation is 1. The lowest BCUT2D eigenvalue weighted by Gasteiger charge is -2.05. The van der Waals surface area contributed by atoms with Gasteiger partial charge in [0.15, 0.2) is 5.43 Å². The number of pyridine rings is 1. The lowest BCUT2D eigenvalue weighted by molar-refractivity contribution is 0.927. The van der Waals surface area contributed by atoms with E-state index in [2.05, 4.69) is 0 Å². The molecule has 2 aromatic rings. The van der Waals surface area contributed by atoms with Crippen molar-refractivity contribution in [1.82, 2.24) is 4.57 Å². The number of benzene rings is 1. The van der Waals surface area contributed by atoms with Crippen molar-refractivity contribution < 1.29 is 0 Å². The average molecular weight is 184 g/mol. The maximum absolute atomic E-state index is 11.5. The first-order chi connectivity index (χ1) is 6.74. The van der Waals surface area contributed by atoms with Gasteiger partial charge >= 0.3 is 0 Å². The van der Waals surface area contributed by atoms with Crippen LogP contribution in [0.25, 0.3) is 10.9 Å². The van der Waals surface area contributed by atoms with Crippen LogP contribution in [0.5, 0.6) is 0 Å². The number of para-hydroxylation sites is 1. The van der Waals surface area contributed by atoms with Crippen LogP contribution in [-0.2, 0) is 7.05 Å². The van der Waals surface area contributed by atoms with Gasteiger partial charge in [0.1, 0.15) is 11.8 Å². The molecule has 0 fully saturated rings. The van der Waals surface area contributed by atoms with Crippen LogP contribution in [0.3, 0.4) is 0 Å². The van der Waals surface area contributed by atoms with Crippen LogP contribution in [0.15, 0.2) is 35.1 Å². The fourth-order valence-corrected chi connectivity index (χ4v) is 1.51. The summed E-state index contributed by atoms with van der Waals surface area (Å²) in [5.74, 6) is 0. The molecule has 0 N–H and O–H groups in total. The molecule has 3 heteroatoms. The van der Waals surface area contributed by atoms with Crippen molar-refractivity contribution in [2.75, 3.05) is 0 Å². The predicted molar refractivity (Wildman–Crippen MR) is 53.9 cm³/mol. The zero-order valence-corrected chi connectivity index (χ0v) is 7.69. The molecule has 68 valence electrons. The van der Waals surface area contributed by atoms with Crippen LogP contribution in [-0.4, -0.2) is 4.57 Å². The number of hydrogen-bond acceptors (Lipinski definition) is 2. The van der Waals surface area contributed by atoms with E-state index < -0.39 is 0 Å². The zero-order chi connectivity index (χ0) is 10.1. The van der Waals surface area contributed by atoms with Crippen molar-refractivity contribution in [2.45, 2.75) is 0 Å². The predicted octanol–water partition coefficient (Wildman–Crippen LogP) is 1.41. The van der Waals surface area contributed by atoms with Crippen LogP contribution in [0.2, 0.25) is 0 Å². The van der Waals surface area contributed by atoms with Gasteiger partial charge in [0.2, 0.25) is 0 Å². The monoisotopic (exact) mass is 184 g/mol. The summed E-state index contributed by atoms with van der Waals surface area (Å²) in [6, 6.07) is 10.6. The summed E-state index contributed by atoms with van der Waals surface area (Å²) in [4.78, 5) is 11.5. The molecule has 0 saturated heterocycles. The van der Waals surface area contributed by atoms with Gasteiger partial charge in [-0.3, -0.25) is 4.79 Å². The van der Waals surface area contributed by atoms with Crippen LogP contribution in [0, 0.1) is 11.3 Å². The maximum Gasteiger partial charge on any atom is 0.190 e. The summed E-state index contributed by atoms with van der Waals surface area (Å²) in [7, 11) is 1.78. The third-order valence-electron chi connectivity index (χ3n) is 2.27. The lowest BCUT2D eigenvalue weighted by atomic mass is 10.2. The molecule has 2 rings (SSSR count). The summed E-state index contributed by atoms with van der Waals surface area (Å²) >= 11 is 0. The highest BCUT2D eigenvalue weighted by molar-refractivity contribution is 5.79. The molecule has 0 atom stereocenters. The van der Waals surface area contributed by atoms with Crippen molar-refractivity contribution in [2.24, 2.45) is 7.05 Å². The van der Waals surface area contributed by atoms with Gasteiger partial charge in [-0.25, -0.2) is 0 Å². The second-order valence-corrected chi connectivity index (χ2v) is 3.08. The molecule has 0 aliphatic rings. The summed E-state index contributed by atoms with van der Waals surface area (Å²) in [6.07, 6.45) is 0. The Morgan fingerprint density at radius 1 is 1.36 bits per heavy atom. The molecular weight excluding hydrogens is 176 g/mol. The molecule has 0 aliphatic carbocycles. The second-order valence-electron chi connectivity index (χ2n) is 3.08. The van der Waals surface area contributed by atoms with E-state index >= 15 is 0 Å². The van der Waals surface area contributed by atoms with Gasteiger partial charge in [0.05, 0.1) is 5.52 Å². The molecule has 0 bridgehead atoms. The minimum atomic E-state index is -0.102. The smallest absolute Gasteiger partial charge is 0.190 e. The highest BCUT2D eigenvalue weighted by Gasteiger charge is 2.03. The van der Waals surface area contributed by atoms with Gasteiger partial charge in [0.25, 0.3) is 0 Å². The van der Waals surface area contributed by atoms with Crippen molar-refractivity contribution in [3.8, 4) is 6.07 Å². The Hall–Kier alpha value is -2.08. The Morgan fingerprint density at radius 3 is 2.79 bits per heavy atom. The van der Waals surface area contributed by atoms with Gasteiger partial charge in [0, 0.05) is 18.5 Å². The summed E-state index contributed by atoms with van der Waals surface area (Å²) in [5, 5.41) is 9.44. The highest BCUT2D eigenvalue weighted by Crippen LogP contribution is 2.10. The van der Waals surface area contributed by atoms with Gasteiger partial charge in [-0.2, -0.15) is 5.26 Å². The number of rotatable bonds is 0. The summed E-state index contributed by atoms with van der Waals surface area (Å²) in [6.45, 7) is 0. The molecular formula is C11H8N2O. The van der Waals surface area contributed by atoms with E-state index in [1.54, 1.807) is 17.7 Å². The number of fused-ring (bicyclic) bond motifs is 1. The number of aromatic nitrogens is 1. The van der Waals surface area contributed by atoms with Gasteiger partial charge < -0.3 is 4.57 Å². The minimum absolute atomic E-state index is 0.102. The first-order valence-electron chi connectivity index (χ1n) is 4.23. The van der Waals surface area contributed by atoms with Crippen molar-refractivity contribution in [3.63, 3.8) is 0 Å². The fraction of sp³-hybridized carbons (Fsp3) is 0.0909. The molecule has 0 aliphatic heterocycles. The van der Waals surface area contributed by atoms with E-state index in [9.17, 15) is 4.79 Å². The van der Waals surface area contributed by atoms with E-state index in [1.807, 2.05) is 24.3 Å². The molecule has 1 aromatic heterocycles. The van der Waals surface area contributed by atoms with Gasteiger partial charge in [-0.1, -0.05) is 12.1 Å². The van der Waals surface area contributed by atoms with Crippen LogP contribution in [0.1, 0.15) is 5.69 Å². The SMILES string of the molecule is Cn1c(C#N)cc(=O)c2ccccc21. The van der Waals surface area contributed by atoms with Crippen molar-refractivity contribution in [3.05, 3.63) is 46.2 Å². The highest BCUT2D eigenvalue weighted by atomic mass is 16.1. The summed E-state index contributed by atoms with van der Waals surface area (Å²) < 4.78 is 1.72. The average Bonchev–Trinajstić information content (AvgIpc) is 2.23. The van der Waals surface area contributed by atoms with E-state index in [1.165, 1.54) is 6.07 Å². The molecule has 1 heterocycles. The van der Waals surface area contributed by atoms with Gasteiger partial charge in [-0.05, 0) is 12.1 Å². The normalized spacial score (nSPS) is 10.0. The van der Waals surface area contributed by atoms with Crippen molar-refractivity contribution in [1.29, 1.82) is 5.26 Å². The third kappa shape index (κ3) is 1.09. The molecule has 0 radical (unpaired) electrons. The van der Waals surface area contributed by atoms with E-state index in [-0.39, 0.29) is 5.43 Å². The van der Waals surface area contributed by atoms with Crippen LogP contribution >= 0.6 is 0 Å². The Balaban J connectivity index is 3.04. The first-order valence-corrected chi connectivity index (χ1v) is 4.23. The van der Waals surface area contributed by atoms with Gasteiger partial charge in [-0.15, -0.1) is 0 Å². The second kappa shape index (κ2) is 3.00. The Kier molecular flexibility index (Phi) is 1.83. The molecule has 3 nitrogen and oxygen atoms in total. The lowest BCUT2D eigenvalue weighted by Crippen LogP contribution is -2.09. The van der Waals surface area contributed by atoms with E-state index in [0.717, 1.165) is 5.52 Å². The molecule has 14 heavy (non-hydrogen) atoms. The summed E-state index contributed by atoms with van der Waals surface area (Å²) in [5.41, 5.74) is 1.07. The Bertz CT molecular complexity index is 590. The Morgan fingerprint density at radius 2 is 2.07 bits per heavy atom. The zero-order valence-electron chi connectivity index (χ0n) is 7.69. The Labute approximate surface area is 80.8 Å². The number of hydrogen-bond donors (Lipinski definition) is 0. The fourth-order valence-electron chi connectivity index (χ4n) is 1.51. The van der Waals surface area contributed by atoms with Crippen LogP contribution in [0.4, 0.5) is 0 Å². The molecule has 0 spiro atoms. The maximum atomic E-state index is 11.5. The van der Waals surface area contributed by atoms with Crippen molar-refractivity contribution >= 4 is 10.9 Å². The third-order valence-corrected chi connectivity index (χ3v) is 2.27. The van der Waals surface area contributed by atoms with E-state index in [4.69, 9.17) is 5.26 Å². The quantitative estimate of drug-likeness (QED) is 0.621. The molecule has 0 saturated carbocycles. The van der Waals surface area contributed by atoms with E-state index in [0.29, 0.717) is 11.1 Å².